The zero-order valence-electron chi connectivity index (χ0n) is 7.21. The molecule has 3 N–H and O–H groups in total. The van der Waals surface area contributed by atoms with Gasteiger partial charge in [-0.25, -0.2) is 13.1 Å². The van der Waals surface area contributed by atoms with Gasteiger partial charge < -0.3 is 5.73 Å². The molecule has 0 aromatic heterocycles. The van der Waals surface area contributed by atoms with Gasteiger partial charge in [0.25, 0.3) is 0 Å². The highest BCUT2D eigenvalue weighted by Crippen LogP contribution is 2.32. The molecule has 4 nitrogen and oxygen atoms in total. The number of hydrogen-bond acceptors (Lipinski definition) is 3. The quantitative estimate of drug-likeness (QED) is 0.786. The van der Waals surface area contributed by atoms with E-state index in [4.69, 9.17) is 28.9 Å². The zero-order valence-corrected chi connectivity index (χ0v) is 9.54. The number of nitrogen functional groups attached to an aromatic ring is 1. The van der Waals surface area contributed by atoms with E-state index < -0.39 is 10.0 Å². The zero-order chi connectivity index (χ0) is 10.9. The van der Waals surface area contributed by atoms with Crippen molar-refractivity contribution in [3.8, 4) is 0 Å². The van der Waals surface area contributed by atoms with Crippen LogP contribution in [-0.2, 0) is 10.0 Å². The van der Waals surface area contributed by atoms with Crippen LogP contribution in [0, 0.1) is 0 Å². The van der Waals surface area contributed by atoms with Gasteiger partial charge in [-0.1, -0.05) is 23.2 Å². The lowest BCUT2D eigenvalue weighted by Crippen LogP contribution is -2.19. The lowest BCUT2D eigenvalue weighted by atomic mass is 10.3. The monoisotopic (exact) mass is 254 g/mol. The molecule has 78 valence electrons. The highest BCUT2D eigenvalue weighted by molar-refractivity contribution is 7.89. The molecule has 0 saturated heterocycles. The Bertz CT molecular complexity index is 459. The fourth-order valence-corrected chi connectivity index (χ4v) is 2.36. The van der Waals surface area contributed by atoms with Gasteiger partial charge in [-0.15, -0.1) is 0 Å². The average Bonchev–Trinajstić information content (AvgIpc) is 2.14. The van der Waals surface area contributed by atoms with Crippen LogP contribution in [-0.4, -0.2) is 15.5 Å². The number of nitrogens with one attached hydrogen (secondary N) is 1. The van der Waals surface area contributed by atoms with Gasteiger partial charge >= 0.3 is 0 Å². The second kappa shape index (κ2) is 3.94. The average molecular weight is 255 g/mol. The van der Waals surface area contributed by atoms with E-state index in [-0.39, 0.29) is 20.6 Å². The van der Waals surface area contributed by atoms with E-state index in [1.807, 2.05) is 0 Å². The van der Waals surface area contributed by atoms with Crippen molar-refractivity contribution in [2.24, 2.45) is 0 Å². The molecule has 0 bridgehead atoms. The summed E-state index contributed by atoms with van der Waals surface area (Å²) in [4.78, 5) is -0.0800. The van der Waals surface area contributed by atoms with Gasteiger partial charge in [0.15, 0.2) is 0 Å². The summed E-state index contributed by atoms with van der Waals surface area (Å²) in [7, 11) is -2.30. The molecule has 0 fully saturated rings. The van der Waals surface area contributed by atoms with E-state index in [0.717, 1.165) is 0 Å². The van der Waals surface area contributed by atoms with E-state index in [2.05, 4.69) is 4.72 Å². The lowest BCUT2D eigenvalue weighted by molar-refractivity contribution is 0.588. The van der Waals surface area contributed by atoms with Gasteiger partial charge in [0, 0.05) is 0 Å². The highest BCUT2D eigenvalue weighted by atomic mass is 35.5. The first-order valence-electron chi connectivity index (χ1n) is 3.57. The van der Waals surface area contributed by atoms with E-state index in [1.165, 1.54) is 19.2 Å². The molecule has 0 spiro atoms. The topological polar surface area (TPSA) is 72.2 Å². The summed E-state index contributed by atoms with van der Waals surface area (Å²) in [5, 5.41) is 0.164. The van der Waals surface area contributed by atoms with Crippen LogP contribution in [0.5, 0.6) is 0 Å². The summed E-state index contributed by atoms with van der Waals surface area (Å²) >= 11 is 11.4. The Kier molecular flexibility index (Phi) is 3.26. The van der Waals surface area contributed by atoms with E-state index in [1.54, 1.807) is 0 Å². The summed E-state index contributed by atoms with van der Waals surface area (Å²) in [5.41, 5.74) is 5.54. The van der Waals surface area contributed by atoms with Gasteiger partial charge in [-0.2, -0.15) is 0 Å². The molecule has 0 amide bonds. The van der Waals surface area contributed by atoms with Crippen LogP contribution in [0.15, 0.2) is 17.0 Å². The number of benzene rings is 1. The summed E-state index contributed by atoms with van der Waals surface area (Å²) in [6.07, 6.45) is 0. The summed E-state index contributed by atoms with van der Waals surface area (Å²) < 4.78 is 24.9. The van der Waals surface area contributed by atoms with Gasteiger partial charge in [-0.3, -0.25) is 0 Å². The van der Waals surface area contributed by atoms with Crippen molar-refractivity contribution in [1.29, 1.82) is 0 Å². The Hall–Kier alpha value is -0.490. The first kappa shape index (κ1) is 11.6. The number of hydrogen-bond donors (Lipinski definition) is 2. The SMILES string of the molecule is CNS(=O)(=O)c1ccc(Cl)c(N)c1Cl. The maximum Gasteiger partial charge on any atom is 0.241 e. The Morgan fingerprint density at radius 2 is 1.93 bits per heavy atom. The molecular formula is C7H8Cl2N2O2S. The Morgan fingerprint density at radius 3 is 2.43 bits per heavy atom. The number of anilines is 1. The van der Waals surface area contributed by atoms with Crippen molar-refractivity contribution in [2.75, 3.05) is 12.8 Å². The van der Waals surface area contributed by atoms with Crippen LogP contribution < -0.4 is 10.5 Å². The number of sulfonamides is 1. The molecule has 0 saturated carbocycles. The minimum atomic E-state index is -3.59. The molecule has 0 aliphatic heterocycles. The van der Waals surface area contributed by atoms with Crippen molar-refractivity contribution in [2.45, 2.75) is 4.90 Å². The molecule has 0 aliphatic carbocycles. The van der Waals surface area contributed by atoms with Crippen molar-refractivity contribution < 1.29 is 8.42 Å². The minimum absolute atomic E-state index is 0.0599. The van der Waals surface area contributed by atoms with E-state index >= 15 is 0 Å². The molecule has 1 aromatic rings. The number of halogens is 2. The maximum absolute atomic E-state index is 11.4. The first-order chi connectivity index (χ1) is 6.40. The van der Waals surface area contributed by atoms with Crippen molar-refractivity contribution >= 4 is 38.9 Å². The fraction of sp³-hybridized carbons (Fsp3) is 0.143. The smallest absolute Gasteiger partial charge is 0.241 e. The summed E-state index contributed by atoms with van der Waals surface area (Å²) in [6, 6.07) is 2.68. The standard InChI is InChI=1S/C7H8Cl2N2O2S/c1-11-14(12,13)5-3-2-4(8)7(10)6(5)9/h2-3,11H,10H2,1H3. The predicted molar refractivity (Wildman–Crippen MR) is 57.1 cm³/mol. The normalized spacial score (nSPS) is 11.6. The molecular weight excluding hydrogens is 247 g/mol. The van der Waals surface area contributed by atoms with Crippen molar-refractivity contribution in [3.63, 3.8) is 0 Å². The van der Waals surface area contributed by atoms with Crippen LogP contribution in [0.1, 0.15) is 0 Å². The molecule has 0 aliphatic rings. The molecule has 0 heterocycles. The predicted octanol–water partition coefficient (Wildman–Crippen LogP) is 1.48. The first-order valence-corrected chi connectivity index (χ1v) is 5.81. The second-order valence-electron chi connectivity index (χ2n) is 2.48. The second-order valence-corrected chi connectivity index (χ2v) is 5.12. The third-order valence-corrected chi connectivity index (χ3v) is 3.95. The minimum Gasteiger partial charge on any atom is -0.396 e. The number of nitrogens with two attached hydrogens (primary N) is 1. The van der Waals surface area contributed by atoms with E-state index in [9.17, 15) is 8.42 Å². The van der Waals surface area contributed by atoms with Gasteiger partial charge in [0.1, 0.15) is 4.90 Å². The van der Waals surface area contributed by atoms with Crippen LogP contribution in [0.2, 0.25) is 10.0 Å². The summed E-state index contributed by atoms with van der Waals surface area (Å²) in [5.74, 6) is 0. The number of rotatable bonds is 2. The van der Waals surface area contributed by atoms with Crippen LogP contribution in [0.4, 0.5) is 5.69 Å². The maximum atomic E-state index is 11.4. The fourth-order valence-electron chi connectivity index (χ4n) is 0.867. The molecule has 1 aromatic carbocycles. The lowest BCUT2D eigenvalue weighted by Gasteiger charge is -2.07. The third kappa shape index (κ3) is 1.95. The van der Waals surface area contributed by atoms with Crippen LogP contribution >= 0.6 is 23.2 Å². The largest absolute Gasteiger partial charge is 0.396 e. The highest BCUT2D eigenvalue weighted by Gasteiger charge is 2.18. The van der Waals surface area contributed by atoms with Gasteiger partial charge in [0.05, 0.1) is 15.7 Å². The third-order valence-electron chi connectivity index (χ3n) is 1.65. The molecule has 7 heteroatoms. The molecule has 1 rings (SSSR count). The van der Waals surface area contributed by atoms with Gasteiger partial charge in [-0.05, 0) is 19.2 Å². The Labute approximate surface area is 92.1 Å². The van der Waals surface area contributed by atoms with Crippen molar-refractivity contribution in [3.05, 3.63) is 22.2 Å². The van der Waals surface area contributed by atoms with Crippen LogP contribution in [0.3, 0.4) is 0 Å². The Morgan fingerprint density at radius 1 is 1.36 bits per heavy atom. The van der Waals surface area contributed by atoms with E-state index in [0.29, 0.717) is 0 Å². The summed E-state index contributed by atoms with van der Waals surface area (Å²) in [6.45, 7) is 0. The molecule has 0 unspecified atom stereocenters. The van der Waals surface area contributed by atoms with Gasteiger partial charge in [0.2, 0.25) is 10.0 Å². The van der Waals surface area contributed by atoms with Crippen LogP contribution in [0.25, 0.3) is 0 Å². The Balaban J connectivity index is 3.47. The molecule has 0 radical (unpaired) electrons. The molecule has 0 atom stereocenters. The molecule has 14 heavy (non-hydrogen) atoms. The van der Waals surface area contributed by atoms with Crippen molar-refractivity contribution in [1.82, 2.24) is 4.72 Å².